The number of hydrogen-bond donors (Lipinski definition) is 4. The standard InChI is InChI=1S/C21H25N4O7P/c1-14-11-16(15-5-3-2-4-6-15)22-17(12-14)19(26)23-18(13-33(30,31)32)20(27)24-7-9-25(10-8-24)21(28)29/h2-6,11-12,18H,7-10,13H2,1H3,(H,23,26)(H,28,29)(H2,30,31,32)/t18-/m0/s1. The quantitative estimate of drug-likeness (QED) is 0.452. The van der Waals surface area contributed by atoms with Crippen molar-refractivity contribution >= 4 is 25.5 Å². The number of carboxylic acid groups (broad SMARTS) is 1. The van der Waals surface area contributed by atoms with Crippen molar-refractivity contribution in [3.8, 4) is 11.3 Å². The zero-order valence-corrected chi connectivity index (χ0v) is 18.8. The van der Waals surface area contributed by atoms with Gasteiger partial charge in [-0.2, -0.15) is 0 Å². The highest BCUT2D eigenvalue weighted by Crippen LogP contribution is 2.35. The Morgan fingerprint density at radius 1 is 1.06 bits per heavy atom. The van der Waals surface area contributed by atoms with E-state index in [1.165, 1.54) is 11.0 Å². The molecule has 4 N–H and O–H groups in total. The molecule has 12 heteroatoms. The predicted octanol–water partition coefficient (Wildman–Crippen LogP) is 1.16. The smallest absolute Gasteiger partial charge is 0.407 e. The fraction of sp³-hybridized carbons (Fsp3) is 0.333. The van der Waals surface area contributed by atoms with E-state index < -0.39 is 37.7 Å². The molecule has 33 heavy (non-hydrogen) atoms. The fourth-order valence-corrected chi connectivity index (χ4v) is 4.26. The molecule has 1 aromatic carbocycles. The molecule has 0 bridgehead atoms. The summed E-state index contributed by atoms with van der Waals surface area (Å²) in [7, 11) is -4.66. The molecule has 2 heterocycles. The van der Waals surface area contributed by atoms with E-state index in [9.17, 15) is 28.7 Å². The molecule has 11 nitrogen and oxygen atoms in total. The van der Waals surface area contributed by atoms with Gasteiger partial charge in [-0.3, -0.25) is 14.2 Å². The summed E-state index contributed by atoms with van der Waals surface area (Å²) in [5.41, 5.74) is 2.09. The average Bonchev–Trinajstić information content (AvgIpc) is 2.77. The van der Waals surface area contributed by atoms with Gasteiger partial charge in [0.05, 0.1) is 11.9 Å². The molecule has 0 spiro atoms. The van der Waals surface area contributed by atoms with Crippen molar-refractivity contribution in [3.05, 3.63) is 53.7 Å². The first-order valence-electron chi connectivity index (χ1n) is 10.2. The highest BCUT2D eigenvalue weighted by atomic mass is 31.2. The summed E-state index contributed by atoms with van der Waals surface area (Å²) < 4.78 is 11.7. The molecular weight excluding hydrogens is 451 g/mol. The molecule has 0 aliphatic carbocycles. The molecule has 1 atom stereocenters. The van der Waals surface area contributed by atoms with Crippen LogP contribution in [0.2, 0.25) is 0 Å². The molecule has 176 valence electrons. The van der Waals surface area contributed by atoms with E-state index in [-0.39, 0.29) is 31.9 Å². The minimum atomic E-state index is -4.66. The minimum absolute atomic E-state index is 0.00746. The van der Waals surface area contributed by atoms with Crippen LogP contribution in [0.15, 0.2) is 42.5 Å². The number of aromatic nitrogens is 1. The molecule has 0 unspecified atom stereocenters. The number of nitrogens with zero attached hydrogens (tertiary/aromatic N) is 3. The van der Waals surface area contributed by atoms with Crippen molar-refractivity contribution in [1.82, 2.24) is 20.1 Å². The highest BCUT2D eigenvalue weighted by molar-refractivity contribution is 7.51. The molecule has 3 amide bonds. The molecule has 1 aromatic heterocycles. The number of carbonyl (C=O) groups is 3. The van der Waals surface area contributed by atoms with Gasteiger partial charge in [0.1, 0.15) is 11.7 Å². The van der Waals surface area contributed by atoms with Crippen LogP contribution < -0.4 is 5.32 Å². The summed E-state index contributed by atoms with van der Waals surface area (Å²) >= 11 is 0. The molecule has 0 radical (unpaired) electrons. The highest BCUT2D eigenvalue weighted by Gasteiger charge is 2.34. The second-order valence-corrected chi connectivity index (χ2v) is 9.44. The third kappa shape index (κ3) is 6.61. The van der Waals surface area contributed by atoms with E-state index in [0.29, 0.717) is 5.69 Å². The normalized spacial score (nSPS) is 15.1. The minimum Gasteiger partial charge on any atom is -0.465 e. The molecule has 3 rings (SSSR count). The monoisotopic (exact) mass is 476 g/mol. The van der Waals surface area contributed by atoms with E-state index >= 15 is 0 Å². The van der Waals surface area contributed by atoms with Gasteiger partial charge in [-0.15, -0.1) is 0 Å². The van der Waals surface area contributed by atoms with Crippen LogP contribution >= 0.6 is 7.60 Å². The predicted molar refractivity (Wildman–Crippen MR) is 119 cm³/mol. The third-order valence-electron chi connectivity index (χ3n) is 5.16. The van der Waals surface area contributed by atoms with Crippen molar-refractivity contribution in [1.29, 1.82) is 0 Å². The maximum atomic E-state index is 13.0. The SMILES string of the molecule is Cc1cc(C(=O)N[C@@H](CP(=O)(O)O)C(=O)N2CCN(C(=O)O)CC2)nc(-c2ccccc2)c1. The van der Waals surface area contributed by atoms with Gasteiger partial charge in [0, 0.05) is 31.7 Å². The molecular formula is C21H25N4O7P. The van der Waals surface area contributed by atoms with Crippen LogP contribution in [0.5, 0.6) is 0 Å². The number of benzene rings is 1. The maximum Gasteiger partial charge on any atom is 0.407 e. The van der Waals surface area contributed by atoms with Crippen molar-refractivity contribution in [2.75, 3.05) is 32.3 Å². The third-order valence-corrected chi connectivity index (χ3v) is 6.00. The Labute approximate surface area is 190 Å². The first-order chi connectivity index (χ1) is 15.5. The van der Waals surface area contributed by atoms with E-state index in [0.717, 1.165) is 16.0 Å². The van der Waals surface area contributed by atoms with Gasteiger partial charge in [-0.1, -0.05) is 30.3 Å². The summed E-state index contributed by atoms with van der Waals surface area (Å²) in [6.45, 7) is 2.03. The number of pyridine rings is 1. The first kappa shape index (κ1) is 24.4. The molecule has 0 saturated carbocycles. The number of amides is 3. The fourth-order valence-electron chi connectivity index (χ4n) is 3.53. The van der Waals surface area contributed by atoms with Crippen molar-refractivity contribution in [2.24, 2.45) is 0 Å². The van der Waals surface area contributed by atoms with E-state index in [4.69, 9.17) is 5.11 Å². The summed E-state index contributed by atoms with van der Waals surface area (Å²) in [4.78, 5) is 62.6. The number of aryl methyl sites for hydroxylation is 1. The largest absolute Gasteiger partial charge is 0.465 e. The second kappa shape index (κ2) is 10.1. The molecule has 1 fully saturated rings. The Bertz CT molecular complexity index is 1080. The maximum absolute atomic E-state index is 13.0. The number of rotatable bonds is 6. The lowest BCUT2D eigenvalue weighted by atomic mass is 10.1. The molecule has 1 saturated heterocycles. The first-order valence-corrected chi connectivity index (χ1v) is 12.0. The summed E-state index contributed by atoms with van der Waals surface area (Å²) in [5, 5.41) is 11.5. The van der Waals surface area contributed by atoms with E-state index in [1.807, 2.05) is 30.3 Å². The van der Waals surface area contributed by atoms with Gasteiger partial charge < -0.3 is 30.0 Å². The summed E-state index contributed by atoms with van der Waals surface area (Å²) in [6.07, 6.45) is -1.99. The molecule has 2 aromatic rings. The van der Waals surface area contributed by atoms with Crippen LogP contribution in [-0.4, -0.2) is 86.0 Å². The topological polar surface area (TPSA) is 160 Å². The number of nitrogens with one attached hydrogen (secondary N) is 1. The number of piperazine rings is 1. The Hall–Kier alpha value is -3.27. The van der Waals surface area contributed by atoms with Gasteiger partial charge in [0.15, 0.2) is 0 Å². The number of carbonyl (C=O) groups excluding carboxylic acids is 2. The summed E-state index contributed by atoms with van der Waals surface area (Å²) in [6, 6.07) is 11.0. The van der Waals surface area contributed by atoms with Gasteiger partial charge in [0.25, 0.3) is 5.91 Å². The van der Waals surface area contributed by atoms with E-state index in [2.05, 4.69) is 10.3 Å². The lowest BCUT2D eigenvalue weighted by molar-refractivity contribution is -0.134. The van der Waals surface area contributed by atoms with Crippen LogP contribution in [0, 0.1) is 6.92 Å². The van der Waals surface area contributed by atoms with Crippen LogP contribution in [0.4, 0.5) is 4.79 Å². The van der Waals surface area contributed by atoms with Crippen LogP contribution in [0.1, 0.15) is 16.1 Å². The van der Waals surface area contributed by atoms with Crippen LogP contribution in [0.3, 0.4) is 0 Å². The molecule has 1 aliphatic rings. The Morgan fingerprint density at radius 3 is 2.24 bits per heavy atom. The summed E-state index contributed by atoms with van der Waals surface area (Å²) in [5.74, 6) is -1.43. The van der Waals surface area contributed by atoms with Crippen LogP contribution in [0.25, 0.3) is 11.3 Å². The number of hydrogen-bond acceptors (Lipinski definition) is 5. The Morgan fingerprint density at radius 2 is 1.67 bits per heavy atom. The van der Waals surface area contributed by atoms with Crippen molar-refractivity contribution in [2.45, 2.75) is 13.0 Å². The zero-order valence-electron chi connectivity index (χ0n) is 17.9. The lowest BCUT2D eigenvalue weighted by Crippen LogP contribution is -2.56. The zero-order chi connectivity index (χ0) is 24.2. The van der Waals surface area contributed by atoms with Gasteiger partial charge in [-0.05, 0) is 24.6 Å². The molecule has 1 aliphatic heterocycles. The lowest BCUT2D eigenvalue weighted by Gasteiger charge is -2.35. The average molecular weight is 476 g/mol. The Balaban J connectivity index is 1.80. The second-order valence-electron chi connectivity index (χ2n) is 7.75. The van der Waals surface area contributed by atoms with E-state index in [1.54, 1.807) is 13.0 Å². The van der Waals surface area contributed by atoms with Gasteiger partial charge >= 0.3 is 13.7 Å². The van der Waals surface area contributed by atoms with Gasteiger partial charge in [-0.25, -0.2) is 9.78 Å². The van der Waals surface area contributed by atoms with Crippen LogP contribution in [-0.2, 0) is 9.36 Å². The van der Waals surface area contributed by atoms with Crippen molar-refractivity contribution < 1.29 is 33.8 Å². The van der Waals surface area contributed by atoms with Crippen molar-refractivity contribution in [3.63, 3.8) is 0 Å². The van der Waals surface area contributed by atoms with Gasteiger partial charge in [0.2, 0.25) is 5.91 Å². The Kier molecular flexibility index (Phi) is 7.47.